The summed E-state index contributed by atoms with van der Waals surface area (Å²) in [6, 6.07) is 1.98. The van der Waals surface area contributed by atoms with Gasteiger partial charge in [-0.05, 0) is 33.4 Å². The first kappa shape index (κ1) is 16.2. The molecule has 5 nitrogen and oxygen atoms in total. The van der Waals surface area contributed by atoms with E-state index in [1.54, 1.807) is 14.0 Å². The van der Waals surface area contributed by atoms with Crippen LogP contribution in [0.15, 0.2) is 6.07 Å². The normalized spacial score (nSPS) is 15.4. The first-order chi connectivity index (χ1) is 8.83. The van der Waals surface area contributed by atoms with Crippen LogP contribution < -0.4 is 5.32 Å². The van der Waals surface area contributed by atoms with Crippen LogP contribution in [0.2, 0.25) is 0 Å². The molecule has 0 saturated carbocycles. The molecule has 0 aromatic carbocycles. The predicted octanol–water partition coefficient (Wildman–Crippen LogP) is 1.03. The fraction of sp³-hybridized carbons (Fsp3) is 0.769. The molecule has 0 saturated heterocycles. The second kappa shape index (κ2) is 6.52. The van der Waals surface area contributed by atoms with Gasteiger partial charge in [0.05, 0.1) is 10.9 Å². The maximum absolute atomic E-state index is 11.7. The highest BCUT2D eigenvalue weighted by Crippen LogP contribution is 2.13. The highest BCUT2D eigenvalue weighted by molar-refractivity contribution is 7.91. The molecule has 0 aliphatic carbocycles. The van der Waals surface area contributed by atoms with E-state index in [1.807, 2.05) is 11.6 Å². The largest absolute Gasteiger partial charge is 0.315 e. The predicted molar refractivity (Wildman–Crippen MR) is 78.1 cm³/mol. The van der Waals surface area contributed by atoms with Crippen LogP contribution in [0.25, 0.3) is 0 Å². The van der Waals surface area contributed by atoms with Crippen LogP contribution in [0.3, 0.4) is 0 Å². The van der Waals surface area contributed by atoms with E-state index in [4.69, 9.17) is 0 Å². The van der Waals surface area contributed by atoms with Gasteiger partial charge < -0.3 is 5.32 Å². The van der Waals surface area contributed by atoms with Gasteiger partial charge in [-0.2, -0.15) is 5.10 Å². The zero-order valence-electron chi connectivity index (χ0n) is 12.5. The van der Waals surface area contributed by atoms with Crippen LogP contribution in [-0.4, -0.2) is 42.8 Å². The maximum Gasteiger partial charge on any atom is 0.151 e. The second-order valence-electron chi connectivity index (χ2n) is 4.93. The van der Waals surface area contributed by atoms with Gasteiger partial charge in [0.25, 0.3) is 0 Å². The third kappa shape index (κ3) is 4.04. The van der Waals surface area contributed by atoms with E-state index < -0.39 is 15.1 Å². The number of rotatable bonds is 7. The van der Waals surface area contributed by atoms with Crippen molar-refractivity contribution in [3.05, 3.63) is 17.5 Å². The summed E-state index contributed by atoms with van der Waals surface area (Å²) in [4.78, 5) is 0. The molecule has 0 radical (unpaired) electrons. The molecular formula is C13H25N3O2S. The van der Waals surface area contributed by atoms with Gasteiger partial charge in [-0.15, -0.1) is 0 Å². The number of nitrogens with one attached hydrogen (secondary N) is 1. The number of hydrogen-bond acceptors (Lipinski definition) is 4. The third-order valence-electron chi connectivity index (χ3n) is 3.62. The first-order valence-corrected chi connectivity index (χ1v) is 8.70. The third-order valence-corrected chi connectivity index (χ3v) is 5.30. The van der Waals surface area contributed by atoms with Crippen LogP contribution in [0.4, 0.5) is 0 Å². The topological polar surface area (TPSA) is 64.0 Å². The van der Waals surface area contributed by atoms with Crippen LogP contribution in [0.1, 0.15) is 32.2 Å². The highest BCUT2D eigenvalue weighted by atomic mass is 32.2. The molecule has 2 unspecified atom stereocenters. The van der Waals surface area contributed by atoms with Crippen molar-refractivity contribution in [2.45, 2.75) is 51.4 Å². The molecule has 0 fully saturated rings. The van der Waals surface area contributed by atoms with Crippen molar-refractivity contribution in [2.75, 3.05) is 13.3 Å². The van der Waals surface area contributed by atoms with E-state index in [0.717, 1.165) is 24.4 Å². The Morgan fingerprint density at radius 3 is 2.47 bits per heavy atom. The average Bonchev–Trinajstić information content (AvgIpc) is 2.76. The molecule has 2 atom stereocenters. The lowest BCUT2D eigenvalue weighted by Crippen LogP contribution is -2.42. The monoisotopic (exact) mass is 287 g/mol. The summed E-state index contributed by atoms with van der Waals surface area (Å²) >= 11 is 0. The van der Waals surface area contributed by atoms with Crippen molar-refractivity contribution in [3.8, 4) is 0 Å². The Labute approximate surface area is 116 Å². The number of aryl methyl sites for hydroxylation is 2. The van der Waals surface area contributed by atoms with Gasteiger partial charge in [-0.1, -0.05) is 6.92 Å². The van der Waals surface area contributed by atoms with Crippen LogP contribution >= 0.6 is 0 Å². The Hall–Kier alpha value is -0.880. The number of aromatic nitrogens is 2. The molecule has 0 amide bonds. The number of likely N-dealkylation sites (N-methyl/N-ethyl adjacent to an activating group) is 1. The summed E-state index contributed by atoms with van der Waals surface area (Å²) < 4.78 is 25.3. The number of nitrogens with zero attached hydrogens (tertiary/aromatic N) is 2. The van der Waals surface area contributed by atoms with E-state index in [0.29, 0.717) is 6.42 Å². The molecule has 0 aliphatic rings. The van der Waals surface area contributed by atoms with Gasteiger partial charge in [0.15, 0.2) is 9.84 Å². The molecule has 6 heteroatoms. The lowest BCUT2D eigenvalue weighted by atomic mass is 10.1. The molecule has 0 spiro atoms. The van der Waals surface area contributed by atoms with E-state index >= 15 is 0 Å². The number of hydrogen-bond donors (Lipinski definition) is 1. The smallest absolute Gasteiger partial charge is 0.151 e. The van der Waals surface area contributed by atoms with E-state index in [-0.39, 0.29) is 6.04 Å². The fourth-order valence-corrected chi connectivity index (χ4v) is 2.98. The van der Waals surface area contributed by atoms with Crippen molar-refractivity contribution in [1.82, 2.24) is 15.1 Å². The zero-order chi connectivity index (χ0) is 14.6. The molecule has 0 aliphatic heterocycles. The van der Waals surface area contributed by atoms with Crippen LogP contribution in [0, 0.1) is 0 Å². The minimum absolute atomic E-state index is 0.0956. The van der Waals surface area contributed by atoms with Crippen molar-refractivity contribution >= 4 is 9.84 Å². The van der Waals surface area contributed by atoms with Crippen LogP contribution in [0.5, 0.6) is 0 Å². The quantitative estimate of drug-likeness (QED) is 0.813. The summed E-state index contributed by atoms with van der Waals surface area (Å²) in [6.45, 7) is 6.67. The summed E-state index contributed by atoms with van der Waals surface area (Å²) in [5.41, 5.74) is 2.15. The number of sulfone groups is 1. The molecule has 1 N–H and O–H groups in total. The summed E-state index contributed by atoms with van der Waals surface area (Å²) in [5.74, 6) is 0. The molecule has 19 heavy (non-hydrogen) atoms. The van der Waals surface area contributed by atoms with E-state index in [1.165, 1.54) is 6.26 Å². The Kier molecular flexibility index (Phi) is 5.55. The van der Waals surface area contributed by atoms with Crippen molar-refractivity contribution < 1.29 is 8.42 Å². The van der Waals surface area contributed by atoms with E-state index in [9.17, 15) is 8.42 Å². The summed E-state index contributed by atoms with van der Waals surface area (Å²) in [7, 11) is -1.24. The maximum atomic E-state index is 11.7. The molecule has 1 aromatic rings. The van der Waals surface area contributed by atoms with Gasteiger partial charge in [0, 0.05) is 31.0 Å². The van der Waals surface area contributed by atoms with Gasteiger partial charge in [-0.3, -0.25) is 4.68 Å². The van der Waals surface area contributed by atoms with E-state index in [2.05, 4.69) is 23.4 Å². The molecule has 1 rings (SSSR count). The average molecular weight is 287 g/mol. The molecular weight excluding hydrogens is 262 g/mol. The second-order valence-corrected chi connectivity index (χ2v) is 7.33. The van der Waals surface area contributed by atoms with Gasteiger partial charge >= 0.3 is 0 Å². The zero-order valence-corrected chi connectivity index (χ0v) is 13.3. The van der Waals surface area contributed by atoms with Gasteiger partial charge in [0.2, 0.25) is 0 Å². The lowest BCUT2D eigenvalue weighted by Gasteiger charge is -2.22. The van der Waals surface area contributed by atoms with Crippen molar-refractivity contribution in [2.24, 2.45) is 0 Å². The molecule has 1 heterocycles. The lowest BCUT2D eigenvalue weighted by molar-refractivity contribution is 0.496. The standard InChI is InChI=1S/C13H25N3O2S/c1-6-11-8-12(16(7-2)15-11)9-13(14-4)10(3)19(5,17)18/h8,10,13-14H,6-7,9H2,1-5H3. The SMILES string of the molecule is CCc1cc(CC(NC)C(C)S(C)(=O)=O)n(CC)n1. The fourth-order valence-electron chi connectivity index (χ4n) is 2.15. The Morgan fingerprint density at radius 2 is 2.05 bits per heavy atom. The minimum atomic E-state index is -3.04. The first-order valence-electron chi connectivity index (χ1n) is 6.75. The Balaban J connectivity index is 2.95. The Morgan fingerprint density at radius 1 is 1.42 bits per heavy atom. The van der Waals surface area contributed by atoms with Gasteiger partial charge in [-0.25, -0.2) is 8.42 Å². The Bertz CT molecular complexity index is 508. The minimum Gasteiger partial charge on any atom is -0.315 e. The summed E-state index contributed by atoms with van der Waals surface area (Å²) in [5, 5.41) is 7.20. The van der Waals surface area contributed by atoms with Crippen molar-refractivity contribution in [1.29, 1.82) is 0 Å². The molecule has 1 aromatic heterocycles. The highest BCUT2D eigenvalue weighted by Gasteiger charge is 2.26. The molecule has 0 bridgehead atoms. The van der Waals surface area contributed by atoms with Gasteiger partial charge in [0.1, 0.15) is 0 Å². The molecule has 110 valence electrons. The van der Waals surface area contributed by atoms with Crippen LogP contribution in [-0.2, 0) is 29.2 Å². The summed E-state index contributed by atoms with van der Waals surface area (Å²) in [6.07, 6.45) is 2.86. The van der Waals surface area contributed by atoms with Crippen molar-refractivity contribution in [3.63, 3.8) is 0 Å².